The van der Waals surface area contributed by atoms with Gasteiger partial charge in [0.25, 0.3) is 0 Å². The fourth-order valence-electron chi connectivity index (χ4n) is 1.52. The fraction of sp³-hybridized carbons (Fsp3) is 0.462. The Labute approximate surface area is 102 Å². The highest BCUT2D eigenvalue weighted by atomic mass is 16.5. The lowest BCUT2D eigenvalue weighted by atomic mass is 10.0. The van der Waals surface area contributed by atoms with Crippen molar-refractivity contribution < 1.29 is 14.6 Å². The van der Waals surface area contributed by atoms with E-state index in [-0.39, 0.29) is 12.4 Å². The maximum Gasteiger partial charge on any atom is 0.305 e. The van der Waals surface area contributed by atoms with E-state index in [1.807, 2.05) is 43.3 Å². The molecule has 1 rings (SSSR count). The number of aliphatic hydroxyl groups is 1. The van der Waals surface area contributed by atoms with Crippen LogP contribution in [0.15, 0.2) is 24.3 Å². The van der Waals surface area contributed by atoms with E-state index in [0.29, 0.717) is 6.42 Å². The van der Waals surface area contributed by atoms with Gasteiger partial charge in [0.2, 0.25) is 0 Å². The minimum Gasteiger partial charge on any atom is -0.469 e. The van der Waals surface area contributed by atoms with Crippen LogP contribution in [0.5, 0.6) is 0 Å². The van der Waals surface area contributed by atoms with Crippen molar-refractivity contribution in [3.8, 4) is 0 Å². The summed E-state index contributed by atoms with van der Waals surface area (Å²) < 4.78 is 4.53. The van der Waals surface area contributed by atoms with E-state index in [4.69, 9.17) is 0 Å². The molecule has 1 atom stereocenters. The van der Waals surface area contributed by atoms with Crippen molar-refractivity contribution in [2.75, 3.05) is 26.1 Å². The molecule has 0 saturated carbocycles. The van der Waals surface area contributed by atoms with Gasteiger partial charge in [0.15, 0.2) is 0 Å². The van der Waals surface area contributed by atoms with E-state index < -0.39 is 6.10 Å². The van der Waals surface area contributed by atoms with Gasteiger partial charge < -0.3 is 14.7 Å². The summed E-state index contributed by atoms with van der Waals surface area (Å²) in [5, 5.41) is 9.87. The quantitative estimate of drug-likeness (QED) is 0.792. The van der Waals surface area contributed by atoms with Gasteiger partial charge in [-0.25, -0.2) is 0 Å². The summed E-state index contributed by atoms with van der Waals surface area (Å²) >= 11 is 0. The first kappa shape index (κ1) is 13.5. The molecule has 0 aliphatic heterocycles. The smallest absolute Gasteiger partial charge is 0.305 e. The van der Waals surface area contributed by atoms with Crippen molar-refractivity contribution in [1.82, 2.24) is 0 Å². The zero-order valence-corrected chi connectivity index (χ0v) is 10.5. The minimum absolute atomic E-state index is 0.229. The van der Waals surface area contributed by atoms with Crippen LogP contribution in [0.2, 0.25) is 0 Å². The molecule has 0 heterocycles. The Morgan fingerprint density at radius 3 is 2.41 bits per heavy atom. The molecule has 4 nitrogen and oxygen atoms in total. The third-order valence-corrected chi connectivity index (χ3v) is 2.64. The molecule has 1 N–H and O–H groups in total. The van der Waals surface area contributed by atoms with E-state index in [1.54, 1.807) is 0 Å². The van der Waals surface area contributed by atoms with Crippen LogP contribution in [0, 0.1) is 0 Å². The summed E-state index contributed by atoms with van der Waals surface area (Å²) in [5.74, 6) is -0.297. The van der Waals surface area contributed by atoms with Gasteiger partial charge in [-0.1, -0.05) is 12.1 Å². The maximum atomic E-state index is 11.0. The number of anilines is 1. The molecular weight excluding hydrogens is 218 g/mol. The molecule has 0 radical (unpaired) electrons. The number of carbonyl (C=O) groups excluding carboxylic acids is 1. The lowest BCUT2D eigenvalue weighted by Crippen LogP contribution is -2.09. The molecule has 94 valence electrons. The average Bonchev–Trinajstić information content (AvgIpc) is 2.35. The Balaban J connectivity index is 2.57. The summed E-state index contributed by atoms with van der Waals surface area (Å²) in [4.78, 5) is 12.9. The van der Waals surface area contributed by atoms with Gasteiger partial charge in [-0.2, -0.15) is 0 Å². The molecule has 1 unspecified atom stereocenters. The third-order valence-electron chi connectivity index (χ3n) is 2.64. The van der Waals surface area contributed by atoms with E-state index in [1.165, 1.54) is 7.11 Å². The summed E-state index contributed by atoms with van der Waals surface area (Å²) in [6, 6.07) is 7.63. The molecule has 17 heavy (non-hydrogen) atoms. The number of esters is 1. The summed E-state index contributed by atoms with van der Waals surface area (Å²) in [5.41, 5.74) is 1.90. The lowest BCUT2D eigenvalue weighted by molar-refractivity contribution is -0.141. The Kier molecular flexibility index (Phi) is 4.97. The van der Waals surface area contributed by atoms with Gasteiger partial charge in [-0.15, -0.1) is 0 Å². The molecule has 0 bridgehead atoms. The van der Waals surface area contributed by atoms with Crippen molar-refractivity contribution >= 4 is 11.7 Å². The largest absolute Gasteiger partial charge is 0.469 e. The first-order valence-corrected chi connectivity index (χ1v) is 5.56. The molecule has 0 fully saturated rings. The van der Waals surface area contributed by atoms with Crippen LogP contribution >= 0.6 is 0 Å². The molecule has 1 aromatic carbocycles. The van der Waals surface area contributed by atoms with Crippen LogP contribution in [-0.4, -0.2) is 32.3 Å². The third kappa shape index (κ3) is 4.07. The predicted octanol–water partition coefficient (Wildman–Crippen LogP) is 1.74. The second kappa shape index (κ2) is 6.25. The molecule has 0 aromatic heterocycles. The van der Waals surface area contributed by atoms with Crippen LogP contribution in [0.25, 0.3) is 0 Å². The SMILES string of the molecule is COC(=O)CCC(O)c1ccc(N(C)C)cc1. The van der Waals surface area contributed by atoms with Crippen molar-refractivity contribution in [1.29, 1.82) is 0 Å². The molecular formula is C13H19NO3. The average molecular weight is 237 g/mol. The molecule has 0 saturated heterocycles. The Morgan fingerprint density at radius 2 is 1.94 bits per heavy atom. The fourth-order valence-corrected chi connectivity index (χ4v) is 1.52. The van der Waals surface area contributed by atoms with Gasteiger partial charge in [-0.05, 0) is 24.1 Å². The maximum absolute atomic E-state index is 11.0. The number of ether oxygens (including phenoxy) is 1. The summed E-state index contributed by atoms with van der Waals surface area (Å²) in [6.07, 6.45) is -0.00790. The second-order valence-electron chi connectivity index (χ2n) is 4.12. The molecule has 0 spiro atoms. The van der Waals surface area contributed by atoms with Crippen LogP contribution in [0.3, 0.4) is 0 Å². The highest BCUT2D eigenvalue weighted by molar-refractivity contribution is 5.69. The van der Waals surface area contributed by atoms with Crippen molar-refractivity contribution in [3.63, 3.8) is 0 Å². The van der Waals surface area contributed by atoms with Crippen LogP contribution in [-0.2, 0) is 9.53 Å². The monoisotopic (exact) mass is 237 g/mol. The number of benzene rings is 1. The van der Waals surface area contributed by atoms with E-state index in [2.05, 4.69) is 4.74 Å². The predicted molar refractivity (Wildman–Crippen MR) is 67.0 cm³/mol. The Morgan fingerprint density at radius 1 is 1.35 bits per heavy atom. The van der Waals surface area contributed by atoms with E-state index in [0.717, 1.165) is 11.3 Å². The highest BCUT2D eigenvalue weighted by Crippen LogP contribution is 2.21. The van der Waals surface area contributed by atoms with Gasteiger partial charge >= 0.3 is 5.97 Å². The van der Waals surface area contributed by atoms with Crippen LogP contribution < -0.4 is 4.90 Å². The first-order chi connectivity index (χ1) is 8.04. The lowest BCUT2D eigenvalue weighted by Gasteiger charge is -2.15. The highest BCUT2D eigenvalue weighted by Gasteiger charge is 2.10. The van der Waals surface area contributed by atoms with Crippen molar-refractivity contribution in [2.45, 2.75) is 18.9 Å². The standard InChI is InChI=1S/C13H19NO3/c1-14(2)11-6-4-10(5-7-11)12(15)8-9-13(16)17-3/h4-7,12,15H,8-9H2,1-3H3. The molecule has 4 heteroatoms. The molecule has 0 amide bonds. The van der Waals surface area contributed by atoms with Crippen LogP contribution in [0.4, 0.5) is 5.69 Å². The number of hydrogen-bond donors (Lipinski definition) is 1. The number of aliphatic hydroxyl groups excluding tert-OH is 1. The summed E-state index contributed by atoms with van der Waals surface area (Å²) in [7, 11) is 5.27. The summed E-state index contributed by atoms with van der Waals surface area (Å²) in [6.45, 7) is 0. The van der Waals surface area contributed by atoms with Gasteiger partial charge in [-0.3, -0.25) is 4.79 Å². The minimum atomic E-state index is -0.620. The first-order valence-electron chi connectivity index (χ1n) is 5.56. The normalized spacial score (nSPS) is 12.0. The van der Waals surface area contributed by atoms with Gasteiger partial charge in [0.1, 0.15) is 0 Å². The van der Waals surface area contributed by atoms with Crippen molar-refractivity contribution in [2.24, 2.45) is 0 Å². The molecule has 0 aliphatic rings. The van der Waals surface area contributed by atoms with Crippen LogP contribution in [0.1, 0.15) is 24.5 Å². The number of hydrogen-bond acceptors (Lipinski definition) is 4. The number of carbonyl (C=O) groups is 1. The molecule has 1 aromatic rings. The molecule has 0 aliphatic carbocycles. The van der Waals surface area contributed by atoms with E-state index >= 15 is 0 Å². The topological polar surface area (TPSA) is 49.8 Å². The Hall–Kier alpha value is -1.55. The van der Waals surface area contributed by atoms with Gasteiger partial charge in [0.05, 0.1) is 13.2 Å². The zero-order chi connectivity index (χ0) is 12.8. The van der Waals surface area contributed by atoms with E-state index in [9.17, 15) is 9.90 Å². The van der Waals surface area contributed by atoms with Gasteiger partial charge in [0, 0.05) is 26.2 Å². The number of methoxy groups -OCH3 is 1. The second-order valence-corrected chi connectivity index (χ2v) is 4.12. The zero-order valence-electron chi connectivity index (χ0n) is 10.5. The number of nitrogens with zero attached hydrogens (tertiary/aromatic N) is 1. The Bertz CT molecular complexity index is 359. The van der Waals surface area contributed by atoms with Crippen molar-refractivity contribution in [3.05, 3.63) is 29.8 Å². The number of rotatable bonds is 5.